The van der Waals surface area contributed by atoms with Gasteiger partial charge in [-0.1, -0.05) is 12.1 Å². The van der Waals surface area contributed by atoms with Crippen molar-refractivity contribution in [2.24, 2.45) is 5.73 Å². The topological polar surface area (TPSA) is 95.5 Å². The Hall–Kier alpha value is -1.95. The molecule has 86 valence electrons. The molecular weight excluding hydrogens is 212 g/mol. The second-order valence-electron chi connectivity index (χ2n) is 3.16. The molecule has 0 radical (unpaired) electrons. The number of rotatable bonds is 4. The van der Waals surface area contributed by atoms with E-state index in [1.165, 1.54) is 25.3 Å². The van der Waals surface area contributed by atoms with Gasteiger partial charge in [0, 0.05) is 18.7 Å². The van der Waals surface area contributed by atoms with Crippen LogP contribution in [0.1, 0.15) is 11.5 Å². The molecule has 0 saturated heterocycles. The summed E-state index contributed by atoms with van der Waals surface area (Å²) in [5.74, 6) is -1.16. The number of hydrogen-bond acceptors (Lipinski definition) is 5. The fourth-order valence-electron chi connectivity index (χ4n) is 1.37. The molecule has 1 unspecified atom stereocenters. The molecule has 0 aromatic heterocycles. The van der Waals surface area contributed by atoms with E-state index in [1.54, 1.807) is 6.07 Å². The number of non-ortho nitro benzene ring substituents is 1. The molecular formula is C10H12N2O4. The van der Waals surface area contributed by atoms with Crippen LogP contribution in [-0.2, 0) is 9.53 Å². The molecule has 0 amide bonds. The number of methoxy groups -OCH3 is 1. The number of esters is 1. The van der Waals surface area contributed by atoms with Crippen molar-refractivity contribution in [3.63, 3.8) is 0 Å². The number of hydrogen-bond donors (Lipinski definition) is 1. The zero-order chi connectivity index (χ0) is 12.1. The summed E-state index contributed by atoms with van der Waals surface area (Å²) in [6.07, 6.45) is 0. The number of nitro groups is 1. The summed E-state index contributed by atoms with van der Waals surface area (Å²) in [6, 6.07) is 5.81. The van der Waals surface area contributed by atoms with Crippen LogP contribution in [0, 0.1) is 10.1 Å². The van der Waals surface area contributed by atoms with Gasteiger partial charge < -0.3 is 10.5 Å². The highest BCUT2D eigenvalue weighted by Crippen LogP contribution is 2.21. The SMILES string of the molecule is COC(=O)C(CN)c1cccc([N+](=O)[O-])c1. The van der Waals surface area contributed by atoms with Crippen LogP contribution in [0.15, 0.2) is 24.3 Å². The largest absolute Gasteiger partial charge is 0.469 e. The van der Waals surface area contributed by atoms with Gasteiger partial charge >= 0.3 is 5.97 Å². The van der Waals surface area contributed by atoms with Crippen molar-refractivity contribution < 1.29 is 14.5 Å². The molecule has 0 bridgehead atoms. The molecule has 16 heavy (non-hydrogen) atoms. The van der Waals surface area contributed by atoms with Crippen LogP contribution in [0.5, 0.6) is 0 Å². The van der Waals surface area contributed by atoms with E-state index < -0.39 is 16.8 Å². The van der Waals surface area contributed by atoms with Crippen molar-refractivity contribution in [2.75, 3.05) is 13.7 Å². The maximum absolute atomic E-state index is 11.4. The summed E-state index contributed by atoms with van der Waals surface area (Å²) in [6.45, 7) is 0.0494. The second kappa shape index (κ2) is 5.22. The first kappa shape index (κ1) is 12.1. The van der Waals surface area contributed by atoms with E-state index in [1.807, 2.05) is 0 Å². The monoisotopic (exact) mass is 224 g/mol. The Morgan fingerprint density at radius 1 is 1.62 bits per heavy atom. The summed E-state index contributed by atoms with van der Waals surface area (Å²) >= 11 is 0. The second-order valence-corrected chi connectivity index (χ2v) is 3.16. The zero-order valence-electron chi connectivity index (χ0n) is 8.75. The molecule has 2 N–H and O–H groups in total. The molecule has 0 spiro atoms. The molecule has 0 aliphatic carbocycles. The Morgan fingerprint density at radius 2 is 2.31 bits per heavy atom. The predicted molar refractivity (Wildman–Crippen MR) is 56.9 cm³/mol. The van der Waals surface area contributed by atoms with Gasteiger partial charge in [-0.25, -0.2) is 0 Å². The van der Waals surface area contributed by atoms with E-state index >= 15 is 0 Å². The van der Waals surface area contributed by atoms with Crippen LogP contribution in [0.25, 0.3) is 0 Å². The van der Waals surface area contributed by atoms with Gasteiger partial charge in [-0.15, -0.1) is 0 Å². The van der Waals surface area contributed by atoms with E-state index in [9.17, 15) is 14.9 Å². The van der Waals surface area contributed by atoms with Crippen molar-refractivity contribution >= 4 is 11.7 Å². The van der Waals surface area contributed by atoms with Gasteiger partial charge in [0.2, 0.25) is 0 Å². The van der Waals surface area contributed by atoms with Crippen LogP contribution in [-0.4, -0.2) is 24.5 Å². The fourth-order valence-corrected chi connectivity index (χ4v) is 1.37. The van der Waals surface area contributed by atoms with E-state index in [-0.39, 0.29) is 12.2 Å². The first-order valence-electron chi connectivity index (χ1n) is 4.62. The minimum atomic E-state index is -0.662. The van der Waals surface area contributed by atoms with Crippen molar-refractivity contribution in [2.45, 2.75) is 5.92 Å². The zero-order valence-corrected chi connectivity index (χ0v) is 8.75. The van der Waals surface area contributed by atoms with Crippen LogP contribution in [0.4, 0.5) is 5.69 Å². The molecule has 1 rings (SSSR count). The average molecular weight is 224 g/mol. The minimum Gasteiger partial charge on any atom is -0.469 e. The van der Waals surface area contributed by atoms with Gasteiger partial charge in [0.1, 0.15) is 0 Å². The van der Waals surface area contributed by atoms with Gasteiger partial charge in [0.25, 0.3) is 5.69 Å². The summed E-state index contributed by atoms with van der Waals surface area (Å²) in [5, 5.41) is 10.6. The van der Waals surface area contributed by atoms with Gasteiger partial charge in [-0.2, -0.15) is 0 Å². The molecule has 0 fully saturated rings. The molecule has 0 aliphatic heterocycles. The van der Waals surface area contributed by atoms with E-state index in [4.69, 9.17) is 5.73 Å². The number of ether oxygens (including phenoxy) is 1. The molecule has 0 aliphatic rings. The summed E-state index contributed by atoms with van der Waals surface area (Å²) in [4.78, 5) is 21.4. The van der Waals surface area contributed by atoms with Crippen molar-refractivity contribution in [3.8, 4) is 0 Å². The Morgan fingerprint density at radius 3 is 2.81 bits per heavy atom. The number of nitrogens with two attached hydrogens (primary N) is 1. The highest BCUT2D eigenvalue weighted by atomic mass is 16.6. The van der Waals surface area contributed by atoms with Crippen LogP contribution < -0.4 is 5.73 Å². The molecule has 0 saturated carbocycles. The van der Waals surface area contributed by atoms with Crippen LogP contribution in [0.2, 0.25) is 0 Å². The quantitative estimate of drug-likeness (QED) is 0.464. The standard InChI is InChI=1S/C10H12N2O4/c1-16-10(13)9(6-11)7-3-2-4-8(5-7)12(14)15/h2-5,9H,6,11H2,1H3. The Labute approximate surface area is 92.2 Å². The van der Waals surface area contributed by atoms with Crippen LogP contribution in [0.3, 0.4) is 0 Å². The number of benzene rings is 1. The third-order valence-electron chi connectivity index (χ3n) is 2.20. The molecule has 1 aromatic rings. The normalized spacial score (nSPS) is 11.9. The lowest BCUT2D eigenvalue weighted by atomic mass is 9.99. The minimum absolute atomic E-state index is 0.0494. The van der Waals surface area contributed by atoms with Crippen molar-refractivity contribution in [1.29, 1.82) is 0 Å². The molecule has 6 nitrogen and oxygen atoms in total. The predicted octanol–water partition coefficient (Wildman–Crippen LogP) is 0.810. The maximum Gasteiger partial charge on any atom is 0.314 e. The van der Waals surface area contributed by atoms with Crippen molar-refractivity contribution in [3.05, 3.63) is 39.9 Å². The van der Waals surface area contributed by atoms with Gasteiger partial charge in [0.05, 0.1) is 18.0 Å². The molecule has 1 atom stereocenters. The van der Waals surface area contributed by atoms with Crippen molar-refractivity contribution in [1.82, 2.24) is 0 Å². The fraction of sp³-hybridized carbons (Fsp3) is 0.300. The number of carbonyl (C=O) groups is 1. The lowest BCUT2D eigenvalue weighted by Gasteiger charge is -2.11. The molecule has 1 aromatic carbocycles. The average Bonchev–Trinajstić information content (AvgIpc) is 2.30. The Balaban J connectivity index is 3.06. The summed E-state index contributed by atoms with van der Waals surface area (Å²) in [7, 11) is 1.25. The number of nitro benzene ring substituents is 1. The first-order chi connectivity index (χ1) is 7.60. The van der Waals surface area contributed by atoms with Gasteiger partial charge in [0.15, 0.2) is 0 Å². The highest BCUT2D eigenvalue weighted by molar-refractivity contribution is 5.78. The van der Waals surface area contributed by atoms with E-state index in [2.05, 4.69) is 4.74 Å². The third-order valence-corrected chi connectivity index (χ3v) is 2.20. The van der Waals surface area contributed by atoms with Gasteiger partial charge in [-0.3, -0.25) is 14.9 Å². The van der Waals surface area contributed by atoms with E-state index in [0.717, 1.165) is 0 Å². The Bertz CT molecular complexity index is 406. The summed E-state index contributed by atoms with van der Waals surface area (Å²) in [5.41, 5.74) is 5.86. The summed E-state index contributed by atoms with van der Waals surface area (Å²) < 4.78 is 4.57. The maximum atomic E-state index is 11.4. The first-order valence-corrected chi connectivity index (χ1v) is 4.62. The highest BCUT2D eigenvalue weighted by Gasteiger charge is 2.21. The lowest BCUT2D eigenvalue weighted by molar-refractivity contribution is -0.384. The van der Waals surface area contributed by atoms with Gasteiger partial charge in [-0.05, 0) is 5.56 Å². The molecule has 0 heterocycles. The number of nitrogens with zero attached hydrogens (tertiary/aromatic N) is 1. The lowest BCUT2D eigenvalue weighted by Crippen LogP contribution is -2.22. The smallest absolute Gasteiger partial charge is 0.314 e. The van der Waals surface area contributed by atoms with Crippen LogP contribution >= 0.6 is 0 Å². The van der Waals surface area contributed by atoms with E-state index in [0.29, 0.717) is 5.56 Å². The number of carbonyl (C=O) groups excluding carboxylic acids is 1. The molecule has 6 heteroatoms. The Kier molecular flexibility index (Phi) is 3.96. The third kappa shape index (κ3) is 2.54.